The number of hydrogen-bond donors (Lipinski definition) is 1. The zero-order chi connectivity index (χ0) is 11.4. The lowest BCUT2D eigenvalue weighted by molar-refractivity contribution is -0.154. The Morgan fingerprint density at radius 1 is 1.38 bits per heavy atom. The van der Waals surface area contributed by atoms with Gasteiger partial charge in [0.2, 0.25) is 0 Å². The molecule has 1 fully saturated rings. The molecule has 0 unspecified atom stereocenters. The second-order valence-electron chi connectivity index (χ2n) is 4.23. The molecule has 4 heteroatoms. The van der Waals surface area contributed by atoms with Crippen molar-refractivity contribution in [2.75, 3.05) is 13.2 Å². The molecule has 4 nitrogen and oxygen atoms in total. The summed E-state index contributed by atoms with van der Waals surface area (Å²) in [4.78, 5) is 15.3. The Hall–Kier alpha value is -1.42. The monoisotopic (exact) mass is 221 g/mol. The molecule has 0 aromatic carbocycles. The molecule has 1 N–H and O–H groups in total. The molecule has 2 rings (SSSR count). The average Bonchev–Trinajstić information content (AvgIpc) is 2.31. The van der Waals surface area contributed by atoms with Crippen LogP contribution >= 0.6 is 0 Å². The fraction of sp³-hybridized carbons (Fsp3) is 0.500. The standard InChI is InChI=1S/C12H15NO3/c14-11(15)12(3-7-16-8-4-12)9-10-1-5-13-6-2-10/h1-2,5-6H,3-4,7-9H2,(H,14,15). The summed E-state index contributed by atoms with van der Waals surface area (Å²) in [5.41, 5.74) is 0.374. The van der Waals surface area contributed by atoms with Crippen molar-refractivity contribution < 1.29 is 14.6 Å². The number of carbonyl (C=O) groups is 1. The lowest BCUT2D eigenvalue weighted by Gasteiger charge is -2.33. The van der Waals surface area contributed by atoms with Crippen molar-refractivity contribution in [3.8, 4) is 0 Å². The summed E-state index contributed by atoms with van der Waals surface area (Å²) in [7, 11) is 0. The fourth-order valence-corrected chi connectivity index (χ4v) is 2.12. The van der Waals surface area contributed by atoms with E-state index in [1.165, 1.54) is 0 Å². The maximum Gasteiger partial charge on any atom is 0.310 e. The third-order valence-corrected chi connectivity index (χ3v) is 3.20. The Morgan fingerprint density at radius 2 is 2.00 bits per heavy atom. The fourth-order valence-electron chi connectivity index (χ4n) is 2.12. The number of ether oxygens (including phenoxy) is 1. The molecule has 2 heterocycles. The maximum absolute atomic E-state index is 11.4. The van der Waals surface area contributed by atoms with Crippen LogP contribution in [0.4, 0.5) is 0 Å². The van der Waals surface area contributed by atoms with Crippen LogP contribution < -0.4 is 0 Å². The third kappa shape index (κ3) is 2.22. The van der Waals surface area contributed by atoms with Crippen molar-refractivity contribution in [2.45, 2.75) is 19.3 Å². The molecule has 0 amide bonds. The minimum atomic E-state index is -0.715. The molecule has 0 atom stereocenters. The van der Waals surface area contributed by atoms with Crippen LogP contribution in [-0.2, 0) is 16.0 Å². The quantitative estimate of drug-likeness (QED) is 0.840. The first-order chi connectivity index (χ1) is 7.73. The summed E-state index contributed by atoms with van der Waals surface area (Å²) in [6.45, 7) is 1.08. The smallest absolute Gasteiger partial charge is 0.310 e. The Labute approximate surface area is 94.3 Å². The Balaban J connectivity index is 2.17. The minimum absolute atomic E-state index is 0.539. The van der Waals surface area contributed by atoms with E-state index < -0.39 is 11.4 Å². The van der Waals surface area contributed by atoms with Gasteiger partial charge in [-0.3, -0.25) is 9.78 Å². The van der Waals surface area contributed by atoms with Crippen LogP contribution in [-0.4, -0.2) is 29.3 Å². The van der Waals surface area contributed by atoms with Gasteiger partial charge in [-0.25, -0.2) is 0 Å². The lowest BCUT2D eigenvalue weighted by Crippen LogP contribution is -2.39. The van der Waals surface area contributed by atoms with Gasteiger partial charge in [0.1, 0.15) is 0 Å². The molecular formula is C12H15NO3. The van der Waals surface area contributed by atoms with Crippen molar-refractivity contribution in [3.05, 3.63) is 30.1 Å². The van der Waals surface area contributed by atoms with Gasteiger partial charge in [0, 0.05) is 25.6 Å². The number of hydrogen-bond acceptors (Lipinski definition) is 3. The first kappa shape index (κ1) is 11.1. The zero-order valence-corrected chi connectivity index (χ0v) is 9.06. The average molecular weight is 221 g/mol. The van der Waals surface area contributed by atoms with Gasteiger partial charge in [-0.1, -0.05) is 0 Å². The number of rotatable bonds is 3. The van der Waals surface area contributed by atoms with Gasteiger partial charge in [-0.05, 0) is 37.0 Å². The van der Waals surface area contributed by atoms with Gasteiger partial charge in [-0.15, -0.1) is 0 Å². The summed E-state index contributed by atoms with van der Waals surface area (Å²) in [5, 5.41) is 9.38. The third-order valence-electron chi connectivity index (χ3n) is 3.20. The largest absolute Gasteiger partial charge is 0.481 e. The molecule has 0 aliphatic carbocycles. The summed E-state index contributed by atoms with van der Waals surface area (Å²) in [6.07, 6.45) is 5.14. The van der Waals surface area contributed by atoms with Crippen LogP contribution in [0.3, 0.4) is 0 Å². The van der Waals surface area contributed by atoms with Crippen molar-refractivity contribution in [1.29, 1.82) is 0 Å². The van der Waals surface area contributed by atoms with Crippen molar-refractivity contribution >= 4 is 5.97 Å². The van der Waals surface area contributed by atoms with E-state index in [2.05, 4.69) is 4.98 Å². The number of pyridine rings is 1. The molecule has 1 aliphatic heterocycles. The van der Waals surface area contributed by atoms with Crippen LogP contribution in [0.25, 0.3) is 0 Å². The van der Waals surface area contributed by atoms with Crippen LogP contribution in [0, 0.1) is 5.41 Å². The van der Waals surface area contributed by atoms with Gasteiger partial charge >= 0.3 is 5.97 Å². The number of carboxylic acid groups (broad SMARTS) is 1. The molecule has 1 aliphatic rings. The highest BCUT2D eigenvalue weighted by atomic mass is 16.5. The first-order valence-corrected chi connectivity index (χ1v) is 5.43. The molecule has 16 heavy (non-hydrogen) atoms. The Kier molecular flexibility index (Phi) is 3.19. The lowest BCUT2D eigenvalue weighted by atomic mass is 9.75. The van der Waals surface area contributed by atoms with E-state index in [1.54, 1.807) is 12.4 Å². The number of nitrogens with zero attached hydrogens (tertiary/aromatic N) is 1. The second-order valence-corrected chi connectivity index (χ2v) is 4.23. The van der Waals surface area contributed by atoms with Crippen molar-refractivity contribution in [1.82, 2.24) is 4.98 Å². The van der Waals surface area contributed by atoms with Gasteiger partial charge < -0.3 is 9.84 Å². The summed E-state index contributed by atoms with van der Waals surface area (Å²) < 4.78 is 5.24. The van der Waals surface area contributed by atoms with Gasteiger partial charge in [0.25, 0.3) is 0 Å². The van der Waals surface area contributed by atoms with E-state index in [0.717, 1.165) is 5.56 Å². The van der Waals surface area contributed by atoms with Crippen LogP contribution in [0.1, 0.15) is 18.4 Å². The Morgan fingerprint density at radius 3 is 2.56 bits per heavy atom. The van der Waals surface area contributed by atoms with E-state index in [4.69, 9.17) is 4.74 Å². The van der Waals surface area contributed by atoms with Gasteiger partial charge in [0.15, 0.2) is 0 Å². The first-order valence-electron chi connectivity index (χ1n) is 5.43. The van der Waals surface area contributed by atoms with Crippen LogP contribution in [0.2, 0.25) is 0 Å². The normalized spacial score (nSPS) is 19.2. The number of aromatic nitrogens is 1. The number of aliphatic carboxylic acids is 1. The van der Waals surface area contributed by atoms with Crippen LogP contribution in [0.15, 0.2) is 24.5 Å². The predicted octanol–water partition coefficient (Wildman–Crippen LogP) is 1.51. The summed E-state index contributed by atoms with van der Waals surface area (Å²) in [6, 6.07) is 3.75. The zero-order valence-electron chi connectivity index (χ0n) is 9.06. The highest BCUT2D eigenvalue weighted by Gasteiger charge is 2.40. The summed E-state index contributed by atoms with van der Waals surface area (Å²) in [5.74, 6) is -0.715. The van der Waals surface area contributed by atoms with E-state index in [9.17, 15) is 9.90 Å². The molecule has 1 aromatic heterocycles. The maximum atomic E-state index is 11.4. The molecule has 0 bridgehead atoms. The van der Waals surface area contributed by atoms with Crippen LogP contribution in [0.5, 0.6) is 0 Å². The predicted molar refractivity (Wildman–Crippen MR) is 58.1 cm³/mol. The van der Waals surface area contributed by atoms with Crippen molar-refractivity contribution in [2.24, 2.45) is 5.41 Å². The Bertz CT molecular complexity index is 358. The molecule has 0 radical (unpaired) electrons. The SMILES string of the molecule is O=C(O)C1(Cc2ccncc2)CCOCC1. The molecule has 1 aromatic rings. The van der Waals surface area contributed by atoms with E-state index in [0.29, 0.717) is 32.5 Å². The minimum Gasteiger partial charge on any atom is -0.481 e. The molecule has 0 spiro atoms. The topological polar surface area (TPSA) is 59.4 Å². The number of carboxylic acids is 1. The van der Waals surface area contributed by atoms with Crippen molar-refractivity contribution in [3.63, 3.8) is 0 Å². The van der Waals surface area contributed by atoms with E-state index in [-0.39, 0.29) is 0 Å². The summed E-state index contributed by atoms with van der Waals surface area (Å²) >= 11 is 0. The highest BCUT2D eigenvalue weighted by Crippen LogP contribution is 2.34. The highest BCUT2D eigenvalue weighted by molar-refractivity contribution is 5.75. The van der Waals surface area contributed by atoms with Gasteiger partial charge in [0.05, 0.1) is 5.41 Å². The van der Waals surface area contributed by atoms with E-state index >= 15 is 0 Å². The molecule has 86 valence electrons. The molecule has 1 saturated heterocycles. The van der Waals surface area contributed by atoms with E-state index in [1.807, 2.05) is 12.1 Å². The molecular weight excluding hydrogens is 206 g/mol. The second kappa shape index (κ2) is 4.61. The molecule has 0 saturated carbocycles. The van der Waals surface area contributed by atoms with Gasteiger partial charge in [-0.2, -0.15) is 0 Å².